The number of sulfone groups is 1. The van der Waals surface area contributed by atoms with Gasteiger partial charge in [-0.3, -0.25) is 4.79 Å². The average Bonchev–Trinajstić information content (AvgIpc) is 1.97. The van der Waals surface area contributed by atoms with Crippen LogP contribution in [0.3, 0.4) is 0 Å². The molecule has 0 aromatic carbocycles. The van der Waals surface area contributed by atoms with Gasteiger partial charge in [-0.15, -0.1) is 0 Å². The van der Waals surface area contributed by atoms with Crippen LogP contribution >= 0.6 is 0 Å². The number of carbonyl (C=O) groups is 1. The maximum absolute atomic E-state index is 11.2. The van der Waals surface area contributed by atoms with Crippen LogP contribution in [0.15, 0.2) is 0 Å². The average molecular weight is 236 g/mol. The van der Waals surface area contributed by atoms with Crippen molar-refractivity contribution in [3.05, 3.63) is 0 Å². The zero-order valence-corrected chi connectivity index (χ0v) is 10.7. The number of carbonyl (C=O) groups excluding carboxylic acids is 1. The van der Waals surface area contributed by atoms with Crippen molar-refractivity contribution in [2.24, 2.45) is 5.41 Å². The van der Waals surface area contributed by atoms with Gasteiger partial charge >= 0.3 is 5.97 Å². The van der Waals surface area contributed by atoms with E-state index in [1.807, 2.05) is 20.8 Å². The first kappa shape index (κ1) is 14.4. The molecule has 15 heavy (non-hydrogen) atoms. The molecule has 0 heterocycles. The van der Waals surface area contributed by atoms with E-state index in [1.165, 1.54) is 0 Å². The third-order valence-corrected chi connectivity index (χ3v) is 2.70. The van der Waals surface area contributed by atoms with Crippen molar-refractivity contribution in [3.8, 4) is 0 Å². The maximum atomic E-state index is 11.2. The van der Waals surface area contributed by atoms with Crippen molar-refractivity contribution >= 4 is 15.8 Å². The molecule has 0 saturated carbocycles. The Labute approximate surface area is 91.9 Å². The third-order valence-electron chi connectivity index (χ3n) is 1.80. The Morgan fingerprint density at radius 2 is 1.80 bits per heavy atom. The summed E-state index contributed by atoms with van der Waals surface area (Å²) in [6.07, 6.45) is 2.20. The standard InChI is InChI=1S/C10H20O4S/c1-10(2,3)6-5-9(11)14-7-8-15(4,12)13/h5-8H2,1-4H3. The fraction of sp³-hybridized carbons (Fsp3) is 0.900. The zero-order chi connectivity index (χ0) is 12.1. The van der Waals surface area contributed by atoms with Crippen LogP contribution in [0.2, 0.25) is 0 Å². The van der Waals surface area contributed by atoms with Crippen LogP contribution in [0.1, 0.15) is 33.6 Å². The molecule has 0 amide bonds. The molecule has 5 heteroatoms. The Morgan fingerprint density at radius 3 is 2.20 bits per heavy atom. The molecule has 90 valence electrons. The second kappa shape index (κ2) is 5.49. The largest absolute Gasteiger partial charge is 0.465 e. The van der Waals surface area contributed by atoms with Gasteiger partial charge in [0.25, 0.3) is 0 Å². The minimum atomic E-state index is -3.04. The van der Waals surface area contributed by atoms with Gasteiger partial charge in [-0.1, -0.05) is 20.8 Å². The van der Waals surface area contributed by atoms with Gasteiger partial charge in [0.15, 0.2) is 9.84 Å². The molecule has 0 spiro atoms. The monoisotopic (exact) mass is 236 g/mol. The van der Waals surface area contributed by atoms with Crippen LogP contribution < -0.4 is 0 Å². The summed E-state index contributed by atoms with van der Waals surface area (Å²) in [7, 11) is -3.04. The minimum absolute atomic E-state index is 0.0399. The second-order valence-electron chi connectivity index (χ2n) is 4.91. The van der Waals surface area contributed by atoms with Crippen LogP contribution in [-0.4, -0.2) is 33.0 Å². The highest BCUT2D eigenvalue weighted by molar-refractivity contribution is 7.90. The van der Waals surface area contributed by atoms with Crippen LogP contribution in [-0.2, 0) is 19.4 Å². The van der Waals surface area contributed by atoms with E-state index >= 15 is 0 Å². The Bertz CT molecular complexity index is 298. The quantitative estimate of drug-likeness (QED) is 0.677. The van der Waals surface area contributed by atoms with Gasteiger partial charge < -0.3 is 4.74 Å². The molecule has 0 aliphatic heterocycles. The van der Waals surface area contributed by atoms with Gasteiger partial charge in [0.2, 0.25) is 0 Å². The molecule has 0 bridgehead atoms. The van der Waals surface area contributed by atoms with Crippen molar-refractivity contribution < 1.29 is 17.9 Å². The van der Waals surface area contributed by atoms with Crippen LogP contribution in [0.4, 0.5) is 0 Å². The van der Waals surface area contributed by atoms with E-state index in [2.05, 4.69) is 0 Å². The van der Waals surface area contributed by atoms with E-state index in [9.17, 15) is 13.2 Å². The Hall–Kier alpha value is -0.580. The Kier molecular flexibility index (Phi) is 5.28. The molecule has 0 atom stereocenters. The first-order valence-corrected chi connectivity index (χ1v) is 6.99. The van der Waals surface area contributed by atoms with Crippen molar-refractivity contribution in [1.82, 2.24) is 0 Å². The van der Waals surface area contributed by atoms with E-state index < -0.39 is 9.84 Å². The molecule has 0 saturated heterocycles. The highest BCUT2D eigenvalue weighted by Gasteiger charge is 2.14. The highest BCUT2D eigenvalue weighted by atomic mass is 32.2. The first-order chi connectivity index (χ1) is 6.60. The molecule has 0 N–H and O–H groups in total. The number of hydrogen-bond donors (Lipinski definition) is 0. The SMILES string of the molecule is CC(C)(C)CCC(=O)OCCS(C)(=O)=O. The summed E-state index contributed by atoms with van der Waals surface area (Å²) in [5.41, 5.74) is 0.0931. The molecule has 0 fully saturated rings. The van der Waals surface area contributed by atoms with Gasteiger partial charge in [-0.25, -0.2) is 8.42 Å². The highest BCUT2D eigenvalue weighted by Crippen LogP contribution is 2.20. The predicted molar refractivity (Wildman–Crippen MR) is 59.4 cm³/mol. The lowest BCUT2D eigenvalue weighted by atomic mass is 9.91. The summed E-state index contributed by atoms with van der Waals surface area (Å²) in [6, 6.07) is 0. The molecule has 0 aliphatic carbocycles. The molecule has 0 aromatic rings. The van der Waals surface area contributed by atoms with Crippen LogP contribution in [0.25, 0.3) is 0 Å². The minimum Gasteiger partial charge on any atom is -0.465 e. The molecular weight excluding hydrogens is 216 g/mol. The maximum Gasteiger partial charge on any atom is 0.305 e. The summed E-state index contributed by atoms with van der Waals surface area (Å²) in [4.78, 5) is 11.2. The van der Waals surface area contributed by atoms with Crippen molar-refractivity contribution in [2.75, 3.05) is 18.6 Å². The van der Waals surface area contributed by atoms with E-state index in [-0.39, 0.29) is 23.7 Å². The van der Waals surface area contributed by atoms with Gasteiger partial charge in [0.05, 0.1) is 5.75 Å². The van der Waals surface area contributed by atoms with E-state index in [0.29, 0.717) is 6.42 Å². The number of esters is 1. The fourth-order valence-electron chi connectivity index (χ4n) is 0.856. The van der Waals surface area contributed by atoms with Crippen molar-refractivity contribution in [2.45, 2.75) is 33.6 Å². The van der Waals surface area contributed by atoms with Gasteiger partial charge in [0, 0.05) is 12.7 Å². The number of ether oxygens (including phenoxy) is 1. The normalized spacial score (nSPS) is 12.5. The van der Waals surface area contributed by atoms with E-state index in [1.54, 1.807) is 0 Å². The molecule has 0 rings (SSSR count). The van der Waals surface area contributed by atoms with E-state index in [0.717, 1.165) is 12.7 Å². The molecular formula is C10H20O4S. The number of hydrogen-bond acceptors (Lipinski definition) is 4. The van der Waals surface area contributed by atoms with Gasteiger partial charge in [0.1, 0.15) is 6.61 Å². The summed E-state index contributed by atoms with van der Waals surface area (Å²) < 4.78 is 26.3. The van der Waals surface area contributed by atoms with Crippen molar-refractivity contribution in [3.63, 3.8) is 0 Å². The Balaban J connectivity index is 3.69. The lowest BCUT2D eigenvalue weighted by Gasteiger charge is -2.16. The number of rotatable bonds is 5. The van der Waals surface area contributed by atoms with E-state index in [4.69, 9.17) is 4.74 Å². The summed E-state index contributed by atoms with van der Waals surface area (Å²) >= 11 is 0. The second-order valence-corrected chi connectivity index (χ2v) is 7.17. The topological polar surface area (TPSA) is 60.4 Å². The molecule has 4 nitrogen and oxygen atoms in total. The third kappa shape index (κ3) is 11.3. The first-order valence-electron chi connectivity index (χ1n) is 4.93. The fourth-order valence-corrected chi connectivity index (χ4v) is 1.24. The van der Waals surface area contributed by atoms with Gasteiger partial charge in [-0.2, -0.15) is 0 Å². The Morgan fingerprint density at radius 1 is 1.27 bits per heavy atom. The summed E-state index contributed by atoms with van der Waals surface area (Å²) in [5, 5.41) is 0. The smallest absolute Gasteiger partial charge is 0.305 e. The molecule has 0 unspecified atom stereocenters. The molecule has 0 aliphatic rings. The molecule has 0 aromatic heterocycles. The predicted octanol–water partition coefficient (Wildman–Crippen LogP) is 1.40. The zero-order valence-electron chi connectivity index (χ0n) is 9.87. The lowest BCUT2D eigenvalue weighted by Crippen LogP contribution is -2.16. The van der Waals surface area contributed by atoms with Crippen LogP contribution in [0, 0.1) is 5.41 Å². The van der Waals surface area contributed by atoms with Crippen molar-refractivity contribution in [1.29, 1.82) is 0 Å². The molecule has 0 radical (unpaired) electrons. The lowest BCUT2D eigenvalue weighted by molar-refractivity contribution is -0.143. The van der Waals surface area contributed by atoms with Gasteiger partial charge in [-0.05, 0) is 11.8 Å². The summed E-state index contributed by atoms with van der Waals surface area (Å²) in [6.45, 7) is 6.08. The summed E-state index contributed by atoms with van der Waals surface area (Å²) in [5.74, 6) is -0.428. The van der Waals surface area contributed by atoms with Crippen LogP contribution in [0.5, 0.6) is 0 Å².